The van der Waals surface area contributed by atoms with E-state index in [2.05, 4.69) is 20.7 Å². The third kappa shape index (κ3) is 4.70. The van der Waals surface area contributed by atoms with Crippen LogP contribution in [0, 0.1) is 0 Å². The first-order valence-corrected chi connectivity index (χ1v) is 15.5. The van der Waals surface area contributed by atoms with Gasteiger partial charge in [-0.1, -0.05) is 12.1 Å². The second-order valence-electron chi connectivity index (χ2n) is 12.3. The fraction of sp³-hybridized carbons (Fsp3) is 0.333. The van der Waals surface area contributed by atoms with Gasteiger partial charge in [-0.2, -0.15) is 5.10 Å². The summed E-state index contributed by atoms with van der Waals surface area (Å²) in [6.45, 7) is 0.366. The molecule has 46 heavy (non-hydrogen) atoms. The van der Waals surface area contributed by atoms with Crippen LogP contribution >= 0.6 is 0 Å². The third-order valence-corrected chi connectivity index (χ3v) is 9.53. The Morgan fingerprint density at radius 2 is 1.67 bits per heavy atom. The lowest BCUT2D eigenvalue weighted by Gasteiger charge is -2.55. The number of piperidine rings is 2. The normalized spacial score (nSPS) is 23.7. The predicted molar refractivity (Wildman–Crippen MR) is 164 cm³/mol. The van der Waals surface area contributed by atoms with Crippen molar-refractivity contribution < 1.29 is 24.0 Å². The maximum absolute atomic E-state index is 13.2. The number of amides is 5. The van der Waals surface area contributed by atoms with Crippen LogP contribution in [-0.2, 0) is 14.4 Å². The first-order chi connectivity index (χ1) is 22.3. The minimum absolute atomic E-state index is 0.0654. The van der Waals surface area contributed by atoms with Gasteiger partial charge in [-0.15, -0.1) is 0 Å². The van der Waals surface area contributed by atoms with Crippen LogP contribution in [0.1, 0.15) is 65.3 Å². The molecule has 13 heteroatoms. The topological polar surface area (TPSA) is 159 Å². The maximum atomic E-state index is 13.2. The molecule has 9 rings (SSSR count). The first-order valence-electron chi connectivity index (χ1n) is 15.5. The molecule has 3 saturated heterocycles. The zero-order chi connectivity index (χ0) is 31.5. The Morgan fingerprint density at radius 3 is 2.48 bits per heavy atom. The molecule has 3 unspecified atom stereocenters. The number of hydrogen-bond acceptors (Lipinski definition) is 9. The highest BCUT2D eigenvalue weighted by Crippen LogP contribution is 2.43. The van der Waals surface area contributed by atoms with E-state index >= 15 is 0 Å². The van der Waals surface area contributed by atoms with Crippen LogP contribution in [0.5, 0.6) is 0 Å². The second-order valence-corrected chi connectivity index (χ2v) is 12.3. The van der Waals surface area contributed by atoms with Gasteiger partial charge < -0.3 is 10.2 Å². The quantitative estimate of drug-likeness (QED) is 0.297. The number of nitrogens with zero attached hydrogens (tertiary/aromatic N) is 6. The zero-order valence-corrected chi connectivity index (χ0v) is 24.8. The Kier molecular flexibility index (Phi) is 6.62. The van der Waals surface area contributed by atoms with Gasteiger partial charge in [0.15, 0.2) is 0 Å². The number of rotatable bonds is 7. The molecule has 4 fully saturated rings. The average molecular weight is 619 g/mol. The van der Waals surface area contributed by atoms with E-state index in [9.17, 15) is 24.0 Å². The molecule has 6 heterocycles. The lowest BCUT2D eigenvalue weighted by molar-refractivity contribution is -0.151. The number of benzene rings is 2. The fourth-order valence-corrected chi connectivity index (χ4v) is 7.26. The van der Waals surface area contributed by atoms with Crippen molar-refractivity contribution in [3.63, 3.8) is 0 Å². The summed E-state index contributed by atoms with van der Waals surface area (Å²) in [5.74, 6) is -2.09. The van der Waals surface area contributed by atoms with E-state index in [0.29, 0.717) is 12.2 Å². The van der Waals surface area contributed by atoms with Crippen LogP contribution in [0.15, 0.2) is 61.1 Å². The number of anilines is 1. The Balaban J connectivity index is 0.858. The number of aromatic nitrogens is 4. The zero-order valence-electron chi connectivity index (χ0n) is 24.8. The highest BCUT2D eigenvalue weighted by atomic mass is 16.2. The van der Waals surface area contributed by atoms with Gasteiger partial charge in [-0.25, -0.2) is 4.98 Å². The summed E-state index contributed by atoms with van der Waals surface area (Å²) < 4.78 is 2.00. The van der Waals surface area contributed by atoms with Crippen molar-refractivity contribution in [3.05, 3.63) is 72.2 Å². The van der Waals surface area contributed by atoms with Crippen LogP contribution in [0.4, 0.5) is 5.69 Å². The molecule has 3 atom stereocenters. The SMILES string of the molecule is O=C1CCC(N2C(=O)c3ccc(NCCC(=O)N4C5CC4CC(n4cc(-c6cnc7ccccc7n6)cn4)C5)cc3C2=O)C(=O)N1. The number of nitrogens with one attached hydrogen (secondary N) is 2. The van der Waals surface area contributed by atoms with Gasteiger partial charge in [0.25, 0.3) is 11.8 Å². The number of fused-ring (bicyclic) bond motifs is 4. The number of carbonyl (C=O) groups is 5. The number of imide groups is 2. The van der Waals surface area contributed by atoms with Crippen molar-refractivity contribution in [3.8, 4) is 11.3 Å². The van der Waals surface area contributed by atoms with Crippen LogP contribution in [0.25, 0.3) is 22.3 Å². The van der Waals surface area contributed by atoms with Crippen molar-refractivity contribution in [1.82, 2.24) is 34.9 Å². The Labute approximate surface area is 263 Å². The Morgan fingerprint density at radius 1 is 0.913 bits per heavy atom. The van der Waals surface area contributed by atoms with Crippen molar-refractivity contribution in [2.75, 3.05) is 11.9 Å². The van der Waals surface area contributed by atoms with Crippen LogP contribution in [0.2, 0.25) is 0 Å². The minimum Gasteiger partial charge on any atom is -0.385 e. The number of hydrogen-bond donors (Lipinski definition) is 2. The molecular formula is C33H30N8O5. The van der Waals surface area contributed by atoms with Crippen molar-refractivity contribution in [2.45, 2.75) is 62.7 Å². The summed E-state index contributed by atoms with van der Waals surface area (Å²) in [5.41, 5.74) is 4.40. The molecule has 13 nitrogen and oxygen atoms in total. The number of para-hydroxylation sites is 2. The Bertz CT molecular complexity index is 1940. The van der Waals surface area contributed by atoms with E-state index in [-0.39, 0.29) is 54.4 Å². The van der Waals surface area contributed by atoms with Gasteiger partial charge in [0.1, 0.15) is 6.04 Å². The summed E-state index contributed by atoms with van der Waals surface area (Å²) in [7, 11) is 0. The van der Waals surface area contributed by atoms with E-state index in [0.717, 1.165) is 46.5 Å². The van der Waals surface area contributed by atoms with Gasteiger partial charge >= 0.3 is 0 Å². The monoisotopic (exact) mass is 618 g/mol. The summed E-state index contributed by atoms with van der Waals surface area (Å²) in [4.78, 5) is 75.3. The smallest absolute Gasteiger partial charge is 0.262 e. The summed E-state index contributed by atoms with van der Waals surface area (Å²) in [5, 5.41) is 10.0. The summed E-state index contributed by atoms with van der Waals surface area (Å²) in [6.07, 6.45) is 8.73. The molecule has 5 aliphatic rings. The van der Waals surface area contributed by atoms with Gasteiger partial charge in [-0.05, 0) is 56.0 Å². The van der Waals surface area contributed by atoms with Gasteiger partial charge in [0, 0.05) is 48.9 Å². The highest BCUT2D eigenvalue weighted by Gasteiger charge is 2.48. The third-order valence-electron chi connectivity index (χ3n) is 9.53. The molecule has 4 aromatic rings. The maximum Gasteiger partial charge on any atom is 0.262 e. The van der Waals surface area contributed by atoms with Crippen LogP contribution in [-0.4, -0.2) is 83.8 Å². The van der Waals surface area contributed by atoms with Crippen LogP contribution in [0.3, 0.4) is 0 Å². The molecule has 232 valence electrons. The minimum atomic E-state index is -1.01. The lowest BCUT2D eigenvalue weighted by Crippen LogP contribution is -2.63. The Hall–Kier alpha value is -5.46. The molecule has 0 radical (unpaired) electrons. The van der Waals surface area contributed by atoms with Crippen molar-refractivity contribution in [2.24, 2.45) is 0 Å². The predicted octanol–water partition coefficient (Wildman–Crippen LogP) is 2.70. The van der Waals surface area contributed by atoms with Crippen molar-refractivity contribution >= 4 is 46.3 Å². The van der Waals surface area contributed by atoms with E-state index < -0.39 is 29.7 Å². The summed E-state index contributed by atoms with van der Waals surface area (Å²) in [6, 6.07) is 12.1. The molecule has 1 aliphatic carbocycles. The molecule has 5 amide bonds. The van der Waals surface area contributed by atoms with Gasteiger partial charge in [0.05, 0.1) is 46.3 Å². The average Bonchev–Trinajstić information content (AvgIpc) is 3.64. The molecule has 2 bridgehead atoms. The van der Waals surface area contributed by atoms with E-state index in [1.54, 1.807) is 24.4 Å². The molecule has 4 aliphatic heterocycles. The van der Waals surface area contributed by atoms with Crippen LogP contribution < -0.4 is 10.6 Å². The standard InChI is InChI=1S/C33H30N8O5/c42-29-8-7-28(31(44)38-29)41-32(45)23-6-5-19(11-24(23)33(41)46)34-10-9-30(43)40-21-12-20(13-22(40)14-21)39-17-18(15-36-39)27-16-35-25-3-1-2-4-26(25)37-27/h1-6,11,15-17,20-22,28,34H,7-10,12-14H2,(H,38,42,44). The largest absolute Gasteiger partial charge is 0.385 e. The summed E-state index contributed by atoms with van der Waals surface area (Å²) >= 11 is 0. The van der Waals surface area contributed by atoms with E-state index in [1.165, 1.54) is 0 Å². The van der Waals surface area contributed by atoms with E-state index in [1.807, 2.05) is 46.2 Å². The molecule has 2 aromatic carbocycles. The molecule has 2 aromatic heterocycles. The first kappa shape index (κ1) is 28.0. The highest BCUT2D eigenvalue weighted by molar-refractivity contribution is 6.23. The van der Waals surface area contributed by atoms with Crippen molar-refractivity contribution in [1.29, 1.82) is 0 Å². The molecular weight excluding hydrogens is 588 g/mol. The second kappa shape index (κ2) is 10.9. The fourth-order valence-electron chi connectivity index (χ4n) is 7.26. The van der Waals surface area contributed by atoms with E-state index in [4.69, 9.17) is 4.98 Å². The van der Waals surface area contributed by atoms with Gasteiger partial charge in [0.2, 0.25) is 17.7 Å². The molecule has 1 saturated carbocycles. The molecule has 0 spiro atoms. The number of carbonyl (C=O) groups excluding carboxylic acids is 5. The molecule has 2 N–H and O–H groups in total. The lowest BCUT2D eigenvalue weighted by atomic mass is 9.76. The van der Waals surface area contributed by atoms with Gasteiger partial charge in [-0.3, -0.25) is 43.9 Å².